The van der Waals surface area contributed by atoms with Crippen LogP contribution in [-0.2, 0) is 16.0 Å². The SMILES string of the molecule is CCOc1cc2c(cc1OCC)C(=C(Nc1ccc(CCN3CCC(C(=O)N(C)C)CC3)cc1)c1ccccc1)C(=O)N2. The molecule has 0 saturated carbocycles. The number of likely N-dealkylation sites (tertiary alicyclic amines) is 1. The van der Waals surface area contributed by atoms with Gasteiger partial charge in [0.05, 0.1) is 30.2 Å². The minimum Gasteiger partial charge on any atom is -0.490 e. The fraction of sp³-hybridized carbons (Fsp3) is 0.371. The highest BCUT2D eigenvalue weighted by Gasteiger charge is 2.31. The molecule has 2 aliphatic heterocycles. The maximum absolute atomic E-state index is 13.4. The normalized spacial score (nSPS) is 16.3. The smallest absolute Gasteiger partial charge is 0.258 e. The molecule has 3 aromatic rings. The lowest BCUT2D eigenvalue weighted by molar-refractivity contribution is -0.134. The number of rotatable bonds is 11. The first kappa shape index (κ1) is 30.2. The third-order valence-corrected chi connectivity index (χ3v) is 8.06. The van der Waals surface area contributed by atoms with Crippen LogP contribution in [0, 0.1) is 5.92 Å². The molecule has 2 heterocycles. The standard InChI is InChI=1S/C35H42N4O4/c1-5-42-30-22-28-29(23-31(30)43-6-2)37-34(40)32(28)33(25-10-8-7-9-11-25)36-27-14-12-24(13-15-27)16-19-39-20-17-26(18-21-39)35(41)38(3)4/h7-15,22-23,26,36H,5-6,16-21H2,1-4H3,(H,37,40). The Hall–Kier alpha value is -4.30. The van der Waals surface area contributed by atoms with E-state index in [1.54, 1.807) is 4.90 Å². The lowest BCUT2D eigenvalue weighted by Crippen LogP contribution is -2.40. The molecule has 0 radical (unpaired) electrons. The van der Waals surface area contributed by atoms with Crippen LogP contribution in [0.1, 0.15) is 43.4 Å². The monoisotopic (exact) mass is 582 g/mol. The molecule has 2 amide bonds. The topological polar surface area (TPSA) is 83.1 Å². The van der Waals surface area contributed by atoms with Gasteiger partial charge in [0.1, 0.15) is 0 Å². The van der Waals surface area contributed by atoms with Gasteiger partial charge in [-0.3, -0.25) is 9.59 Å². The fourth-order valence-electron chi connectivity index (χ4n) is 5.80. The van der Waals surface area contributed by atoms with Gasteiger partial charge in [-0.05, 0) is 75.5 Å². The van der Waals surface area contributed by atoms with Crippen LogP contribution in [0.5, 0.6) is 11.5 Å². The number of anilines is 2. The van der Waals surface area contributed by atoms with Gasteiger partial charge in [-0.2, -0.15) is 0 Å². The molecule has 0 unspecified atom stereocenters. The fourth-order valence-corrected chi connectivity index (χ4v) is 5.80. The van der Waals surface area contributed by atoms with Crippen molar-refractivity contribution in [2.45, 2.75) is 33.1 Å². The lowest BCUT2D eigenvalue weighted by Gasteiger charge is -2.32. The van der Waals surface area contributed by atoms with Crippen molar-refractivity contribution in [2.75, 3.05) is 57.6 Å². The molecule has 3 aromatic carbocycles. The van der Waals surface area contributed by atoms with E-state index >= 15 is 0 Å². The summed E-state index contributed by atoms with van der Waals surface area (Å²) in [5.41, 5.74) is 5.82. The van der Waals surface area contributed by atoms with Crippen molar-refractivity contribution in [2.24, 2.45) is 5.92 Å². The largest absolute Gasteiger partial charge is 0.490 e. The van der Waals surface area contributed by atoms with Crippen molar-refractivity contribution in [3.63, 3.8) is 0 Å². The summed E-state index contributed by atoms with van der Waals surface area (Å²) in [5.74, 6) is 1.44. The molecule has 0 aromatic heterocycles. The average molecular weight is 583 g/mol. The molecule has 5 rings (SSSR count). The molecule has 1 fully saturated rings. The second kappa shape index (κ2) is 13.8. The molecule has 8 heteroatoms. The Morgan fingerprint density at radius 2 is 1.60 bits per heavy atom. The van der Waals surface area contributed by atoms with Gasteiger partial charge in [0, 0.05) is 43.9 Å². The van der Waals surface area contributed by atoms with Gasteiger partial charge in [-0.25, -0.2) is 0 Å². The first-order chi connectivity index (χ1) is 20.9. The number of hydrogen-bond acceptors (Lipinski definition) is 6. The summed E-state index contributed by atoms with van der Waals surface area (Å²) in [6.45, 7) is 7.73. The van der Waals surface area contributed by atoms with Crippen LogP contribution in [-0.4, -0.2) is 68.6 Å². The summed E-state index contributed by atoms with van der Waals surface area (Å²) < 4.78 is 11.7. The zero-order valence-electron chi connectivity index (χ0n) is 25.6. The molecule has 226 valence electrons. The molecular formula is C35H42N4O4. The third kappa shape index (κ3) is 7.03. The second-order valence-corrected chi connectivity index (χ2v) is 11.2. The van der Waals surface area contributed by atoms with E-state index in [1.165, 1.54) is 5.56 Å². The highest BCUT2D eigenvalue weighted by atomic mass is 16.5. The maximum Gasteiger partial charge on any atom is 0.258 e. The summed E-state index contributed by atoms with van der Waals surface area (Å²) in [5, 5.41) is 6.58. The summed E-state index contributed by atoms with van der Waals surface area (Å²) in [6.07, 6.45) is 2.79. The van der Waals surface area contributed by atoms with Crippen LogP contribution in [0.4, 0.5) is 11.4 Å². The number of nitrogens with one attached hydrogen (secondary N) is 2. The van der Waals surface area contributed by atoms with Crippen molar-refractivity contribution in [3.05, 3.63) is 83.4 Å². The number of nitrogens with zero attached hydrogens (tertiary/aromatic N) is 2. The van der Waals surface area contributed by atoms with Gasteiger partial charge in [0.15, 0.2) is 11.5 Å². The quantitative estimate of drug-likeness (QED) is 0.280. The second-order valence-electron chi connectivity index (χ2n) is 11.2. The lowest BCUT2D eigenvalue weighted by atomic mass is 9.95. The van der Waals surface area contributed by atoms with Crippen molar-refractivity contribution in [1.29, 1.82) is 0 Å². The Balaban J connectivity index is 1.34. The number of carbonyl (C=O) groups is 2. The number of benzene rings is 3. The summed E-state index contributed by atoms with van der Waals surface area (Å²) in [4.78, 5) is 29.9. The molecule has 8 nitrogen and oxygen atoms in total. The van der Waals surface area contributed by atoms with Crippen molar-refractivity contribution in [3.8, 4) is 11.5 Å². The number of ether oxygens (including phenoxy) is 2. The summed E-state index contributed by atoms with van der Waals surface area (Å²) in [6, 6.07) is 22.1. The number of amides is 2. The number of hydrogen-bond donors (Lipinski definition) is 2. The van der Waals surface area contributed by atoms with E-state index in [2.05, 4.69) is 39.8 Å². The summed E-state index contributed by atoms with van der Waals surface area (Å²) >= 11 is 0. The van der Waals surface area contributed by atoms with Gasteiger partial charge in [-0.15, -0.1) is 0 Å². The van der Waals surface area contributed by atoms with Gasteiger partial charge in [-0.1, -0.05) is 42.5 Å². The van der Waals surface area contributed by atoms with Crippen LogP contribution in [0.15, 0.2) is 66.7 Å². The molecule has 43 heavy (non-hydrogen) atoms. The minimum atomic E-state index is -0.176. The Bertz CT molecular complexity index is 1460. The summed E-state index contributed by atoms with van der Waals surface area (Å²) in [7, 11) is 3.68. The molecular weight excluding hydrogens is 540 g/mol. The maximum atomic E-state index is 13.4. The highest BCUT2D eigenvalue weighted by molar-refractivity contribution is 6.37. The van der Waals surface area contributed by atoms with Crippen molar-refractivity contribution in [1.82, 2.24) is 9.80 Å². The van der Waals surface area contributed by atoms with Crippen LogP contribution >= 0.6 is 0 Å². The van der Waals surface area contributed by atoms with Crippen LogP contribution in [0.25, 0.3) is 11.3 Å². The number of fused-ring (bicyclic) bond motifs is 1. The van der Waals surface area contributed by atoms with E-state index in [1.807, 2.05) is 70.4 Å². The molecule has 0 spiro atoms. The Labute approximate surface area is 254 Å². The van der Waals surface area contributed by atoms with Gasteiger partial charge in [0.2, 0.25) is 5.91 Å². The number of carbonyl (C=O) groups excluding carboxylic acids is 2. The molecule has 2 N–H and O–H groups in total. The third-order valence-electron chi connectivity index (χ3n) is 8.06. The predicted molar refractivity (Wildman–Crippen MR) is 172 cm³/mol. The Morgan fingerprint density at radius 3 is 2.23 bits per heavy atom. The average Bonchev–Trinajstić information content (AvgIpc) is 3.34. The van der Waals surface area contributed by atoms with E-state index in [0.29, 0.717) is 36.0 Å². The van der Waals surface area contributed by atoms with Crippen molar-refractivity contribution < 1.29 is 19.1 Å². The van der Waals surface area contributed by atoms with Gasteiger partial charge < -0.3 is 29.9 Å². The number of piperidine rings is 1. The molecule has 0 aliphatic carbocycles. The molecule has 0 bridgehead atoms. The van der Waals surface area contributed by atoms with E-state index in [9.17, 15) is 9.59 Å². The molecule has 2 aliphatic rings. The molecule has 1 saturated heterocycles. The van der Waals surface area contributed by atoms with E-state index < -0.39 is 0 Å². The first-order valence-corrected chi connectivity index (χ1v) is 15.2. The highest BCUT2D eigenvalue weighted by Crippen LogP contribution is 2.43. The van der Waals surface area contributed by atoms with E-state index in [-0.39, 0.29) is 17.7 Å². The zero-order chi connectivity index (χ0) is 30.3. The first-order valence-electron chi connectivity index (χ1n) is 15.2. The Kier molecular flexibility index (Phi) is 9.67. The predicted octanol–water partition coefficient (Wildman–Crippen LogP) is 5.76. The van der Waals surface area contributed by atoms with Gasteiger partial charge >= 0.3 is 0 Å². The minimum absolute atomic E-state index is 0.149. The van der Waals surface area contributed by atoms with E-state index in [0.717, 1.165) is 61.4 Å². The van der Waals surface area contributed by atoms with Crippen molar-refractivity contribution >= 4 is 34.5 Å². The van der Waals surface area contributed by atoms with Crippen LogP contribution in [0.2, 0.25) is 0 Å². The van der Waals surface area contributed by atoms with Crippen LogP contribution < -0.4 is 20.1 Å². The molecule has 0 atom stereocenters. The van der Waals surface area contributed by atoms with Gasteiger partial charge in [0.25, 0.3) is 5.91 Å². The zero-order valence-corrected chi connectivity index (χ0v) is 25.6. The Morgan fingerprint density at radius 1 is 0.953 bits per heavy atom. The van der Waals surface area contributed by atoms with Crippen LogP contribution in [0.3, 0.4) is 0 Å². The van der Waals surface area contributed by atoms with E-state index in [4.69, 9.17) is 9.47 Å².